The fourth-order valence-electron chi connectivity index (χ4n) is 1.31. The van der Waals surface area contributed by atoms with E-state index in [1.165, 1.54) is 30.7 Å². The van der Waals surface area contributed by atoms with Crippen LogP contribution < -0.4 is 5.32 Å². The second-order valence-electron chi connectivity index (χ2n) is 3.27. The lowest BCUT2D eigenvalue weighted by Crippen LogP contribution is -2.11. The zero-order valence-corrected chi connectivity index (χ0v) is 8.61. The zero-order chi connectivity index (χ0) is 12.3. The smallest absolute Gasteiger partial charge is 0.258 e. The molecule has 1 N–H and O–H groups in total. The van der Waals surface area contributed by atoms with Crippen molar-refractivity contribution in [3.05, 3.63) is 53.7 Å². The average Bonchev–Trinajstić information content (AvgIpc) is 2.85. The number of carbonyl (C=O) groups excluding carboxylic acids is 1. The lowest BCUT2D eigenvalue weighted by atomic mass is 10.2. The predicted molar refractivity (Wildman–Crippen MR) is 57.8 cm³/mol. The maximum Gasteiger partial charge on any atom is 0.258 e. The molecule has 0 aliphatic carbocycles. The van der Waals surface area contributed by atoms with Gasteiger partial charge in [-0.1, -0.05) is 0 Å². The highest BCUT2D eigenvalue weighted by Crippen LogP contribution is 2.17. The molecular formula is C12H7FN2O2. The summed E-state index contributed by atoms with van der Waals surface area (Å²) < 4.78 is 17.6. The Morgan fingerprint density at radius 1 is 1.41 bits per heavy atom. The summed E-state index contributed by atoms with van der Waals surface area (Å²) >= 11 is 0. The lowest BCUT2D eigenvalue weighted by Gasteiger charge is -2.05. The van der Waals surface area contributed by atoms with Crippen molar-refractivity contribution in [2.24, 2.45) is 0 Å². The Hall–Kier alpha value is -2.61. The van der Waals surface area contributed by atoms with Gasteiger partial charge in [-0.25, -0.2) is 4.39 Å². The number of nitrogens with zero attached hydrogens (tertiary/aromatic N) is 1. The number of amides is 1. The molecule has 5 heteroatoms. The molecule has 0 aliphatic heterocycles. The van der Waals surface area contributed by atoms with Gasteiger partial charge in [0.05, 0.1) is 23.1 Å². The average molecular weight is 230 g/mol. The Kier molecular flexibility index (Phi) is 2.88. The monoisotopic (exact) mass is 230 g/mol. The van der Waals surface area contributed by atoms with Crippen LogP contribution in [0.15, 0.2) is 41.2 Å². The van der Waals surface area contributed by atoms with Crippen LogP contribution in [0.3, 0.4) is 0 Å². The number of anilines is 1. The summed E-state index contributed by atoms with van der Waals surface area (Å²) in [5.41, 5.74) is 0.667. The molecule has 0 radical (unpaired) electrons. The van der Waals surface area contributed by atoms with E-state index in [1.54, 1.807) is 0 Å². The van der Waals surface area contributed by atoms with Crippen LogP contribution >= 0.6 is 0 Å². The van der Waals surface area contributed by atoms with Gasteiger partial charge in [0.15, 0.2) is 0 Å². The normalized spacial score (nSPS) is 9.65. The summed E-state index contributed by atoms with van der Waals surface area (Å²) in [5.74, 6) is -0.940. The van der Waals surface area contributed by atoms with Gasteiger partial charge in [0.25, 0.3) is 5.91 Å². The molecule has 0 aliphatic rings. The minimum absolute atomic E-state index is 0.0712. The van der Waals surface area contributed by atoms with Crippen LogP contribution in [0.1, 0.15) is 15.9 Å². The van der Waals surface area contributed by atoms with E-state index < -0.39 is 11.7 Å². The zero-order valence-electron chi connectivity index (χ0n) is 8.61. The summed E-state index contributed by atoms with van der Waals surface area (Å²) in [5, 5.41) is 11.3. The first-order chi connectivity index (χ1) is 8.20. The third kappa shape index (κ3) is 2.32. The van der Waals surface area contributed by atoms with Crippen LogP contribution in [0.25, 0.3) is 0 Å². The van der Waals surface area contributed by atoms with Gasteiger partial charge in [0.1, 0.15) is 18.1 Å². The molecule has 2 aromatic rings. The summed E-state index contributed by atoms with van der Waals surface area (Å²) in [6.07, 6.45) is 2.65. The fraction of sp³-hybridized carbons (Fsp3) is 0. The number of hydrogen-bond acceptors (Lipinski definition) is 3. The SMILES string of the molecule is N#Cc1cc(F)ccc1NC(=O)c1ccoc1. The Balaban J connectivity index is 2.25. The van der Waals surface area contributed by atoms with E-state index >= 15 is 0 Å². The largest absolute Gasteiger partial charge is 0.472 e. The Bertz CT molecular complexity index is 585. The van der Waals surface area contributed by atoms with Crippen molar-refractivity contribution in [3.63, 3.8) is 0 Å². The molecule has 84 valence electrons. The number of rotatable bonds is 2. The van der Waals surface area contributed by atoms with Crippen molar-refractivity contribution in [1.82, 2.24) is 0 Å². The van der Waals surface area contributed by atoms with Crippen molar-refractivity contribution < 1.29 is 13.6 Å². The van der Waals surface area contributed by atoms with Crippen molar-refractivity contribution in [3.8, 4) is 6.07 Å². The molecule has 1 aromatic carbocycles. The lowest BCUT2D eigenvalue weighted by molar-refractivity contribution is 0.102. The molecular weight excluding hydrogens is 223 g/mol. The first-order valence-corrected chi connectivity index (χ1v) is 4.74. The molecule has 0 saturated heterocycles. The molecule has 0 bridgehead atoms. The van der Waals surface area contributed by atoms with E-state index in [4.69, 9.17) is 9.68 Å². The summed E-state index contributed by atoms with van der Waals surface area (Å²) in [7, 11) is 0. The summed E-state index contributed by atoms with van der Waals surface area (Å²) in [6, 6.07) is 6.87. The maximum atomic E-state index is 12.9. The van der Waals surface area contributed by atoms with Crippen molar-refractivity contribution in [1.29, 1.82) is 5.26 Å². The summed E-state index contributed by atoms with van der Waals surface area (Å²) in [6.45, 7) is 0. The van der Waals surface area contributed by atoms with Crippen molar-refractivity contribution in [2.45, 2.75) is 0 Å². The number of nitriles is 1. The second kappa shape index (κ2) is 4.49. The Morgan fingerprint density at radius 3 is 2.88 bits per heavy atom. The molecule has 0 spiro atoms. The van der Waals surface area contributed by atoms with Gasteiger partial charge in [-0.15, -0.1) is 0 Å². The van der Waals surface area contributed by atoms with Crippen LogP contribution in [-0.2, 0) is 0 Å². The maximum absolute atomic E-state index is 12.9. The van der Waals surface area contributed by atoms with Crippen molar-refractivity contribution >= 4 is 11.6 Å². The van der Waals surface area contributed by atoms with Gasteiger partial charge in [0, 0.05) is 0 Å². The molecule has 0 fully saturated rings. The quantitative estimate of drug-likeness (QED) is 0.862. The van der Waals surface area contributed by atoms with Crippen LogP contribution in [0, 0.1) is 17.1 Å². The third-order valence-corrected chi connectivity index (χ3v) is 2.13. The Labute approximate surface area is 96.3 Å². The van der Waals surface area contributed by atoms with Crippen molar-refractivity contribution in [2.75, 3.05) is 5.32 Å². The summed E-state index contributed by atoms with van der Waals surface area (Å²) in [4.78, 5) is 11.7. The van der Waals surface area contributed by atoms with E-state index in [2.05, 4.69) is 5.32 Å². The van der Waals surface area contributed by atoms with Gasteiger partial charge < -0.3 is 9.73 Å². The first-order valence-electron chi connectivity index (χ1n) is 4.74. The third-order valence-electron chi connectivity index (χ3n) is 2.13. The molecule has 1 aromatic heterocycles. The van der Waals surface area contributed by atoms with E-state index in [9.17, 15) is 9.18 Å². The van der Waals surface area contributed by atoms with Gasteiger partial charge in [-0.3, -0.25) is 4.79 Å². The van der Waals surface area contributed by atoms with Crippen LogP contribution in [-0.4, -0.2) is 5.91 Å². The molecule has 4 nitrogen and oxygen atoms in total. The molecule has 0 saturated carbocycles. The highest BCUT2D eigenvalue weighted by Gasteiger charge is 2.10. The number of carbonyl (C=O) groups is 1. The fourth-order valence-corrected chi connectivity index (χ4v) is 1.31. The number of furan rings is 1. The highest BCUT2D eigenvalue weighted by molar-refractivity contribution is 6.04. The van der Waals surface area contributed by atoms with Gasteiger partial charge in [-0.2, -0.15) is 5.26 Å². The first kappa shape index (κ1) is 10.9. The Morgan fingerprint density at radius 2 is 2.24 bits per heavy atom. The molecule has 17 heavy (non-hydrogen) atoms. The van der Waals surface area contributed by atoms with E-state index in [0.29, 0.717) is 5.56 Å². The van der Waals surface area contributed by atoms with E-state index in [-0.39, 0.29) is 11.3 Å². The van der Waals surface area contributed by atoms with Crippen LogP contribution in [0.5, 0.6) is 0 Å². The van der Waals surface area contributed by atoms with Crippen LogP contribution in [0.4, 0.5) is 10.1 Å². The minimum Gasteiger partial charge on any atom is -0.472 e. The molecule has 0 atom stereocenters. The molecule has 2 rings (SSSR count). The van der Waals surface area contributed by atoms with Gasteiger partial charge in [0.2, 0.25) is 0 Å². The molecule has 1 heterocycles. The topological polar surface area (TPSA) is 66.0 Å². The molecule has 1 amide bonds. The number of benzene rings is 1. The molecule has 0 unspecified atom stereocenters. The predicted octanol–water partition coefficient (Wildman–Crippen LogP) is 2.54. The number of hydrogen-bond donors (Lipinski definition) is 1. The number of nitrogens with one attached hydrogen (secondary N) is 1. The second-order valence-corrected chi connectivity index (χ2v) is 3.27. The van der Waals surface area contributed by atoms with Gasteiger partial charge >= 0.3 is 0 Å². The highest BCUT2D eigenvalue weighted by atomic mass is 19.1. The standard InChI is InChI=1S/C12H7FN2O2/c13-10-1-2-11(9(5-10)6-14)15-12(16)8-3-4-17-7-8/h1-5,7H,(H,15,16). The van der Waals surface area contributed by atoms with Crippen LogP contribution in [0.2, 0.25) is 0 Å². The number of halogens is 1. The van der Waals surface area contributed by atoms with E-state index in [1.807, 2.05) is 6.07 Å². The minimum atomic E-state index is -0.525. The van der Waals surface area contributed by atoms with Gasteiger partial charge in [-0.05, 0) is 24.3 Å². The van der Waals surface area contributed by atoms with E-state index in [0.717, 1.165) is 6.07 Å².